The van der Waals surface area contributed by atoms with Gasteiger partial charge < -0.3 is 5.32 Å². The minimum atomic E-state index is -0.682. The number of nitrogens with one attached hydrogen (secondary N) is 1. The summed E-state index contributed by atoms with van der Waals surface area (Å²) in [5.74, 6) is -0.694. The van der Waals surface area contributed by atoms with E-state index in [-0.39, 0.29) is 22.4 Å². The summed E-state index contributed by atoms with van der Waals surface area (Å²) in [6.07, 6.45) is 1.55. The number of benzene rings is 1. The zero-order chi connectivity index (χ0) is 17.7. The monoisotopic (exact) mass is 367 g/mol. The molecule has 0 unspecified atom stereocenters. The van der Waals surface area contributed by atoms with Crippen LogP contribution < -0.4 is 10.9 Å². The third kappa shape index (κ3) is 4.66. The van der Waals surface area contributed by atoms with Gasteiger partial charge in [0.15, 0.2) is 5.78 Å². The van der Waals surface area contributed by atoms with Crippen LogP contribution in [0.25, 0.3) is 0 Å². The Kier molecular flexibility index (Phi) is 6.11. The second-order valence-corrected chi connectivity index (χ2v) is 5.97. The van der Waals surface area contributed by atoms with Gasteiger partial charge >= 0.3 is 0 Å². The van der Waals surface area contributed by atoms with Crippen LogP contribution in [0.15, 0.2) is 41.3 Å². The number of rotatable bonds is 6. The molecule has 2 rings (SSSR count). The minimum Gasteiger partial charge on any atom is -0.344 e. The summed E-state index contributed by atoms with van der Waals surface area (Å²) in [4.78, 5) is 35.8. The molecule has 1 aromatic heterocycles. The standard InChI is InChI=1S/C16H15Cl2N3O3/c1-10(22)13(7-11-5-3-2-4-6-11)20-14(23)9-21-16(24)15(18)12(17)8-19-21/h2-6,8,13H,7,9H2,1H3,(H,20,23)/t13-/m0/s1. The lowest BCUT2D eigenvalue weighted by Gasteiger charge is -2.16. The third-order valence-corrected chi connectivity index (χ3v) is 4.09. The summed E-state index contributed by atoms with van der Waals surface area (Å²) >= 11 is 11.4. The molecule has 0 aliphatic rings. The molecule has 1 atom stereocenters. The van der Waals surface area contributed by atoms with E-state index in [9.17, 15) is 14.4 Å². The number of hydrogen-bond donors (Lipinski definition) is 1. The highest BCUT2D eigenvalue weighted by Crippen LogP contribution is 2.14. The molecule has 0 bridgehead atoms. The largest absolute Gasteiger partial charge is 0.344 e. The number of aromatic nitrogens is 2. The zero-order valence-corrected chi connectivity index (χ0v) is 14.3. The van der Waals surface area contributed by atoms with Crippen LogP contribution in [0, 0.1) is 0 Å². The number of ketones is 1. The molecule has 1 heterocycles. The van der Waals surface area contributed by atoms with Crippen molar-refractivity contribution in [2.24, 2.45) is 0 Å². The van der Waals surface area contributed by atoms with Crippen LogP contribution in [0.4, 0.5) is 0 Å². The highest BCUT2D eigenvalue weighted by atomic mass is 35.5. The predicted molar refractivity (Wildman–Crippen MR) is 91.3 cm³/mol. The number of Topliss-reactive ketones (excluding diaryl/α,β-unsaturated/α-hetero) is 1. The van der Waals surface area contributed by atoms with Crippen molar-refractivity contribution in [2.75, 3.05) is 0 Å². The molecule has 0 spiro atoms. The first-order chi connectivity index (χ1) is 11.4. The van der Waals surface area contributed by atoms with Gasteiger partial charge in [0.05, 0.1) is 17.3 Å². The van der Waals surface area contributed by atoms with Crippen molar-refractivity contribution in [3.63, 3.8) is 0 Å². The highest BCUT2D eigenvalue weighted by Gasteiger charge is 2.19. The molecule has 1 aromatic carbocycles. The van der Waals surface area contributed by atoms with Gasteiger partial charge in [-0.05, 0) is 18.9 Å². The second-order valence-electron chi connectivity index (χ2n) is 5.19. The fourth-order valence-corrected chi connectivity index (χ4v) is 2.35. The van der Waals surface area contributed by atoms with Crippen LogP contribution in [-0.4, -0.2) is 27.5 Å². The molecule has 8 heteroatoms. The molecular formula is C16H15Cl2N3O3. The molecular weight excluding hydrogens is 353 g/mol. The molecule has 1 amide bonds. The van der Waals surface area contributed by atoms with Crippen LogP contribution in [-0.2, 0) is 22.6 Å². The van der Waals surface area contributed by atoms with Crippen LogP contribution in [0.1, 0.15) is 12.5 Å². The normalized spacial score (nSPS) is 11.8. The number of carbonyl (C=O) groups is 2. The van der Waals surface area contributed by atoms with E-state index >= 15 is 0 Å². The average Bonchev–Trinajstić information content (AvgIpc) is 2.56. The first-order valence-corrected chi connectivity index (χ1v) is 7.89. The van der Waals surface area contributed by atoms with Gasteiger partial charge in [-0.1, -0.05) is 53.5 Å². The molecule has 1 N–H and O–H groups in total. The van der Waals surface area contributed by atoms with Crippen molar-refractivity contribution in [1.82, 2.24) is 15.1 Å². The minimum absolute atomic E-state index is 0.0176. The Labute approximate surface area is 148 Å². The molecule has 126 valence electrons. The number of halogens is 2. The fourth-order valence-electron chi connectivity index (χ4n) is 2.08. The Morgan fingerprint density at radius 3 is 2.54 bits per heavy atom. The maximum Gasteiger partial charge on any atom is 0.287 e. The lowest BCUT2D eigenvalue weighted by molar-refractivity contribution is -0.127. The Bertz CT molecular complexity index is 806. The van der Waals surface area contributed by atoms with Crippen molar-refractivity contribution in [2.45, 2.75) is 25.9 Å². The quantitative estimate of drug-likeness (QED) is 0.844. The van der Waals surface area contributed by atoms with Crippen molar-refractivity contribution in [3.05, 3.63) is 62.5 Å². The molecule has 0 saturated carbocycles. The molecule has 0 aliphatic heterocycles. The van der Waals surface area contributed by atoms with E-state index in [2.05, 4.69) is 10.4 Å². The summed E-state index contributed by atoms with van der Waals surface area (Å²) in [5.41, 5.74) is 0.254. The van der Waals surface area contributed by atoms with Crippen LogP contribution in [0.2, 0.25) is 10.0 Å². The molecule has 2 aromatic rings. The first kappa shape index (κ1) is 18.2. The Hall–Kier alpha value is -2.18. The predicted octanol–water partition coefficient (Wildman–Crippen LogP) is 1.87. The molecule has 6 nitrogen and oxygen atoms in total. The van der Waals surface area contributed by atoms with Crippen molar-refractivity contribution >= 4 is 34.9 Å². The van der Waals surface area contributed by atoms with Gasteiger partial charge in [0.25, 0.3) is 5.56 Å². The SMILES string of the molecule is CC(=O)[C@H](Cc1ccccc1)NC(=O)Cn1ncc(Cl)c(Cl)c1=O. The van der Waals surface area contributed by atoms with Gasteiger partial charge in [-0.3, -0.25) is 14.4 Å². The number of hydrogen-bond acceptors (Lipinski definition) is 4. The number of amides is 1. The van der Waals surface area contributed by atoms with E-state index in [1.165, 1.54) is 13.1 Å². The topological polar surface area (TPSA) is 81.1 Å². The van der Waals surface area contributed by atoms with E-state index in [1.54, 1.807) is 0 Å². The Balaban J connectivity index is 2.07. The summed E-state index contributed by atoms with van der Waals surface area (Å²) in [7, 11) is 0. The van der Waals surface area contributed by atoms with E-state index in [4.69, 9.17) is 23.2 Å². The van der Waals surface area contributed by atoms with Gasteiger partial charge in [0.2, 0.25) is 5.91 Å². The Morgan fingerprint density at radius 1 is 1.25 bits per heavy atom. The molecule has 0 radical (unpaired) electrons. The first-order valence-electron chi connectivity index (χ1n) is 7.13. The summed E-state index contributed by atoms with van der Waals surface area (Å²) in [5, 5.41) is 6.18. The smallest absolute Gasteiger partial charge is 0.287 e. The maximum atomic E-state index is 12.1. The van der Waals surface area contributed by atoms with E-state index in [0.29, 0.717) is 6.42 Å². The van der Waals surface area contributed by atoms with Crippen LogP contribution >= 0.6 is 23.2 Å². The van der Waals surface area contributed by atoms with E-state index < -0.39 is 17.5 Å². The Morgan fingerprint density at radius 2 is 1.92 bits per heavy atom. The lowest BCUT2D eigenvalue weighted by atomic mass is 10.0. The molecule has 24 heavy (non-hydrogen) atoms. The van der Waals surface area contributed by atoms with Gasteiger partial charge in [-0.15, -0.1) is 0 Å². The van der Waals surface area contributed by atoms with Crippen molar-refractivity contribution in [1.29, 1.82) is 0 Å². The van der Waals surface area contributed by atoms with Crippen LogP contribution in [0.3, 0.4) is 0 Å². The van der Waals surface area contributed by atoms with Gasteiger partial charge in [-0.2, -0.15) is 5.10 Å². The second kappa shape index (κ2) is 8.08. The zero-order valence-electron chi connectivity index (χ0n) is 12.8. The third-order valence-electron chi connectivity index (χ3n) is 3.34. The average molecular weight is 368 g/mol. The van der Waals surface area contributed by atoms with E-state index in [1.807, 2.05) is 30.3 Å². The lowest BCUT2D eigenvalue weighted by Crippen LogP contribution is -2.44. The summed E-state index contributed by atoms with van der Waals surface area (Å²) in [6.45, 7) is 1.05. The van der Waals surface area contributed by atoms with Crippen LogP contribution in [0.5, 0.6) is 0 Å². The van der Waals surface area contributed by atoms with Gasteiger partial charge in [0.1, 0.15) is 11.6 Å². The maximum absolute atomic E-state index is 12.1. The highest BCUT2D eigenvalue weighted by molar-refractivity contribution is 6.41. The van der Waals surface area contributed by atoms with Crippen molar-refractivity contribution < 1.29 is 9.59 Å². The molecule has 0 fully saturated rings. The van der Waals surface area contributed by atoms with E-state index in [0.717, 1.165) is 10.2 Å². The number of carbonyl (C=O) groups excluding carboxylic acids is 2. The molecule has 0 saturated heterocycles. The van der Waals surface area contributed by atoms with Gasteiger partial charge in [-0.25, -0.2) is 4.68 Å². The molecule has 0 aliphatic carbocycles. The number of nitrogens with zero attached hydrogens (tertiary/aromatic N) is 2. The van der Waals surface area contributed by atoms with Crippen molar-refractivity contribution in [3.8, 4) is 0 Å². The van der Waals surface area contributed by atoms with Gasteiger partial charge in [0, 0.05) is 0 Å². The fraction of sp³-hybridized carbons (Fsp3) is 0.250. The summed E-state index contributed by atoms with van der Waals surface area (Å²) in [6, 6.07) is 8.63. The summed E-state index contributed by atoms with van der Waals surface area (Å²) < 4.78 is 0.892.